The third kappa shape index (κ3) is 4.10. The van der Waals surface area contributed by atoms with E-state index in [9.17, 15) is 14.4 Å². The van der Waals surface area contributed by atoms with Crippen molar-refractivity contribution < 1.29 is 19.1 Å². The quantitative estimate of drug-likeness (QED) is 0.640. The Morgan fingerprint density at radius 2 is 1.77 bits per heavy atom. The number of imide groups is 2. The fourth-order valence-electron chi connectivity index (χ4n) is 2.46. The van der Waals surface area contributed by atoms with Crippen molar-refractivity contribution in [2.75, 3.05) is 0 Å². The van der Waals surface area contributed by atoms with E-state index in [2.05, 4.69) is 0 Å². The lowest BCUT2D eigenvalue weighted by Crippen LogP contribution is -2.51. The molecule has 0 aromatic heterocycles. The van der Waals surface area contributed by atoms with E-state index in [0.717, 1.165) is 11.1 Å². The van der Waals surface area contributed by atoms with E-state index in [-0.39, 0.29) is 5.57 Å². The first-order valence-corrected chi connectivity index (χ1v) is 8.16. The van der Waals surface area contributed by atoms with Gasteiger partial charge in [0.25, 0.3) is 11.8 Å². The molecule has 1 saturated heterocycles. The lowest BCUT2D eigenvalue weighted by Gasteiger charge is -2.14. The normalized spacial score (nSPS) is 13.9. The van der Waals surface area contributed by atoms with Crippen LogP contribution in [0.25, 0.3) is 6.08 Å². The smallest absolute Gasteiger partial charge is 0.328 e. The fraction of sp³-hybridized carbons (Fsp3) is 0.105. The molecule has 1 fully saturated rings. The number of halogens is 1. The number of barbiturate groups is 1. The molecule has 0 spiro atoms. The molecule has 1 aliphatic heterocycles. The van der Waals surface area contributed by atoms with Gasteiger partial charge in [-0.25, -0.2) is 4.79 Å². The van der Waals surface area contributed by atoms with E-state index in [1.807, 2.05) is 41.8 Å². The molecule has 7 heteroatoms. The number of carbonyl (C=O) groups is 3. The molecule has 2 aromatic rings. The van der Waals surface area contributed by atoms with Crippen LogP contribution in [0.15, 0.2) is 48.0 Å². The summed E-state index contributed by atoms with van der Waals surface area (Å²) in [5, 5.41) is 4.37. The molecule has 132 valence electrons. The van der Waals surface area contributed by atoms with Crippen LogP contribution < -0.4 is 15.4 Å². The highest BCUT2D eigenvalue weighted by atomic mass is 35.5. The van der Waals surface area contributed by atoms with Crippen LogP contribution in [0, 0.1) is 6.92 Å². The van der Waals surface area contributed by atoms with Crippen molar-refractivity contribution in [2.24, 2.45) is 0 Å². The SMILES string of the molecule is Cc1cccc(COc2ccc(C=C3C(=O)NC(=O)NC3=O)cc2Cl)c1. The topological polar surface area (TPSA) is 84.5 Å². The van der Waals surface area contributed by atoms with Gasteiger partial charge in [0.05, 0.1) is 5.02 Å². The summed E-state index contributed by atoms with van der Waals surface area (Å²) in [5.41, 5.74) is 2.52. The maximum Gasteiger partial charge on any atom is 0.328 e. The fourth-order valence-corrected chi connectivity index (χ4v) is 2.70. The number of aryl methyl sites for hydroxylation is 1. The average molecular weight is 371 g/mol. The molecule has 0 saturated carbocycles. The monoisotopic (exact) mass is 370 g/mol. The Bertz CT molecular complexity index is 915. The Kier molecular flexibility index (Phi) is 5.04. The zero-order chi connectivity index (χ0) is 18.7. The molecule has 0 unspecified atom stereocenters. The zero-order valence-electron chi connectivity index (χ0n) is 13.8. The highest BCUT2D eigenvalue weighted by Gasteiger charge is 2.27. The second kappa shape index (κ2) is 7.41. The van der Waals surface area contributed by atoms with Crippen LogP contribution in [0.1, 0.15) is 16.7 Å². The van der Waals surface area contributed by atoms with E-state index < -0.39 is 17.8 Å². The maximum atomic E-state index is 11.7. The average Bonchev–Trinajstić information content (AvgIpc) is 2.57. The number of benzene rings is 2. The third-order valence-corrected chi connectivity index (χ3v) is 3.98. The third-order valence-electron chi connectivity index (χ3n) is 3.69. The molecular weight excluding hydrogens is 356 g/mol. The summed E-state index contributed by atoms with van der Waals surface area (Å²) in [4.78, 5) is 34.5. The second-order valence-electron chi connectivity index (χ2n) is 5.76. The van der Waals surface area contributed by atoms with Crippen LogP contribution in [0.2, 0.25) is 5.02 Å². The summed E-state index contributed by atoms with van der Waals surface area (Å²) in [6.07, 6.45) is 1.35. The largest absolute Gasteiger partial charge is 0.487 e. The van der Waals surface area contributed by atoms with Crippen molar-refractivity contribution in [2.45, 2.75) is 13.5 Å². The van der Waals surface area contributed by atoms with Crippen molar-refractivity contribution >= 4 is 35.5 Å². The number of urea groups is 1. The van der Waals surface area contributed by atoms with Crippen LogP contribution in [-0.4, -0.2) is 17.8 Å². The Morgan fingerprint density at radius 3 is 2.42 bits per heavy atom. The number of ether oxygens (including phenoxy) is 1. The summed E-state index contributed by atoms with van der Waals surface area (Å²) < 4.78 is 5.72. The Labute approximate surface area is 154 Å². The molecule has 0 atom stereocenters. The number of rotatable bonds is 4. The predicted molar refractivity (Wildman–Crippen MR) is 96.6 cm³/mol. The van der Waals surface area contributed by atoms with Crippen LogP contribution in [0.4, 0.5) is 4.79 Å². The van der Waals surface area contributed by atoms with Gasteiger partial charge in [-0.15, -0.1) is 0 Å². The van der Waals surface area contributed by atoms with Crippen molar-refractivity contribution in [3.63, 3.8) is 0 Å². The van der Waals surface area contributed by atoms with Crippen molar-refractivity contribution in [3.8, 4) is 5.75 Å². The molecule has 26 heavy (non-hydrogen) atoms. The van der Waals surface area contributed by atoms with Crippen molar-refractivity contribution in [1.82, 2.24) is 10.6 Å². The first-order valence-electron chi connectivity index (χ1n) is 7.78. The van der Waals surface area contributed by atoms with Gasteiger partial charge in [0.15, 0.2) is 0 Å². The van der Waals surface area contributed by atoms with Crippen LogP contribution >= 0.6 is 11.6 Å². The van der Waals surface area contributed by atoms with Crippen LogP contribution in [0.5, 0.6) is 5.75 Å². The number of amides is 4. The molecule has 3 rings (SSSR count). The highest BCUT2D eigenvalue weighted by Crippen LogP contribution is 2.27. The Morgan fingerprint density at radius 1 is 1.04 bits per heavy atom. The summed E-state index contributed by atoms with van der Waals surface area (Å²) in [6.45, 7) is 2.37. The molecule has 0 bridgehead atoms. The van der Waals surface area contributed by atoms with Crippen molar-refractivity contribution in [3.05, 3.63) is 69.8 Å². The van der Waals surface area contributed by atoms with E-state index in [1.165, 1.54) is 6.08 Å². The summed E-state index contributed by atoms with van der Waals surface area (Å²) >= 11 is 6.23. The Balaban J connectivity index is 1.75. The van der Waals surface area contributed by atoms with Gasteiger partial charge in [-0.05, 0) is 36.3 Å². The minimum Gasteiger partial charge on any atom is -0.487 e. The van der Waals surface area contributed by atoms with Gasteiger partial charge in [0.1, 0.15) is 17.9 Å². The second-order valence-corrected chi connectivity index (χ2v) is 6.17. The minimum atomic E-state index is -0.838. The highest BCUT2D eigenvalue weighted by molar-refractivity contribution is 6.33. The number of hydrogen-bond donors (Lipinski definition) is 2. The minimum absolute atomic E-state index is 0.172. The Hall–Kier alpha value is -3.12. The lowest BCUT2D eigenvalue weighted by molar-refractivity contribution is -0.123. The number of nitrogens with one attached hydrogen (secondary N) is 2. The molecule has 1 aliphatic rings. The van der Waals surface area contributed by atoms with Gasteiger partial charge < -0.3 is 4.74 Å². The van der Waals surface area contributed by atoms with E-state index in [4.69, 9.17) is 16.3 Å². The summed E-state index contributed by atoms with van der Waals surface area (Å²) in [7, 11) is 0. The van der Waals surface area contributed by atoms with E-state index in [0.29, 0.717) is 22.9 Å². The molecule has 2 aromatic carbocycles. The van der Waals surface area contributed by atoms with Crippen molar-refractivity contribution in [1.29, 1.82) is 0 Å². The first kappa shape index (κ1) is 17.7. The van der Waals surface area contributed by atoms with E-state index in [1.54, 1.807) is 18.2 Å². The molecule has 2 N–H and O–H groups in total. The molecule has 1 heterocycles. The van der Waals surface area contributed by atoms with Gasteiger partial charge in [-0.1, -0.05) is 47.5 Å². The molecular formula is C19H15ClN2O4. The van der Waals surface area contributed by atoms with Crippen LogP contribution in [-0.2, 0) is 16.2 Å². The van der Waals surface area contributed by atoms with Gasteiger partial charge in [-0.2, -0.15) is 0 Å². The van der Waals surface area contributed by atoms with Gasteiger partial charge in [0.2, 0.25) is 0 Å². The molecule has 6 nitrogen and oxygen atoms in total. The number of carbonyl (C=O) groups excluding carboxylic acids is 3. The predicted octanol–water partition coefficient (Wildman–Crippen LogP) is 2.98. The standard InChI is InChI=1S/C19H15ClN2O4/c1-11-3-2-4-13(7-11)10-26-16-6-5-12(9-15(16)20)8-14-17(23)21-19(25)22-18(14)24/h2-9H,10H2,1H3,(H2,21,22,23,24,25). The summed E-state index contributed by atoms with van der Waals surface area (Å²) in [5.74, 6) is -1.02. The lowest BCUT2D eigenvalue weighted by atomic mass is 10.1. The van der Waals surface area contributed by atoms with Gasteiger partial charge in [0, 0.05) is 0 Å². The van der Waals surface area contributed by atoms with Crippen LogP contribution in [0.3, 0.4) is 0 Å². The van der Waals surface area contributed by atoms with Gasteiger partial charge >= 0.3 is 6.03 Å². The number of hydrogen-bond acceptors (Lipinski definition) is 4. The zero-order valence-corrected chi connectivity index (χ0v) is 14.6. The molecule has 0 radical (unpaired) electrons. The molecule has 0 aliphatic carbocycles. The molecule has 4 amide bonds. The maximum absolute atomic E-state index is 11.7. The summed E-state index contributed by atoms with van der Waals surface area (Å²) in [6, 6.07) is 12.0. The first-order chi connectivity index (χ1) is 12.4. The van der Waals surface area contributed by atoms with E-state index >= 15 is 0 Å². The van der Waals surface area contributed by atoms with Gasteiger partial charge in [-0.3, -0.25) is 20.2 Å².